The molecule has 106 valence electrons. The Labute approximate surface area is 138 Å². The van der Waals surface area contributed by atoms with Crippen LogP contribution in [0.2, 0.25) is 10.0 Å². The lowest BCUT2D eigenvalue weighted by Crippen LogP contribution is -2.31. The maximum absolute atomic E-state index is 6.15. The second-order valence-corrected chi connectivity index (χ2v) is 7.27. The quantitative estimate of drug-likeness (QED) is 0.712. The Morgan fingerprint density at radius 3 is 1.52 bits per heavy atom. The minimum absolute atomic E-state index is 0.462. The molecule has 0 aromatic heterocycles. The third-order valence-corrected chi connectivity index (χ3v) is 4.99. The van der Waals surface area contributed by atoms with Crippen molar-refractivity contribution in [2.75, 3.05) is 0 Å². The molecular formula is C18H16Cl2Si. The Hall–Kier alpha value is -1.28. The first-order chi connectivity index (χ1) is 9.88. The number of halogens is 2. The van der Waals surface area contributed by atoms with E-state index in [2.05, 4.69) is 13.2 Å². The number of allylic oxidation sites excluding steroid dienone is 2. The molecule has 21 heavy (non-hydrogen) atoms. The lowest BCUT2D eigenvalue weighted by Gasteiger charge is -2.13. The van der Waals surface area contributed by atoms with Crippen molar-refractivity contribution in [3.63, 3.8) is 0 Å². The molecule has 0 atom stereocenters. The summed E-state index contributed by atoms with van der Waals surface area (Å²) in [7, 11) is 0.462. The van der Waals surface area contributed by atoms with Gasteiger partial charge in [-0.1, -0.05) is 59.6 Å². The third kappa shape index (κ3) is 3.88. The van der Waals surface area contributed by atoms with E-state index in [1.54, 1.807) is 0 Å². The first-order valence-corrected chi connectivity index (χ1v) is 8.32. The number of benzene rings is 2. The fourth-order valence-corrected chi connectivity index (χ4v) is 4.26. The average Bonchev–Trinajstić information content (AvgIpc) is 2.38. The van der Waals surface area contributed by atoms with Crippen LogP contribution in [0, 0.1) is 0 Å². The summed E-state index contributed by atoms with van der Waals surface area (Å²) in [4.78, 5) is 0. The largest absolute Gasteiger partial charge is 0.123 e. The highest BCUT2D eigenvalue weighted by Crippen LogP contribution is 2.16. The highest BCUT2D eigenvalue weighted by atomic mass is 35.5. The van der Waals surface area contributed by atoms with Gasteiger partial charge < -0.3 is 0 Å². The minimum Gasteiger partial charge on any atom is -0.0955 e. The normalized spacial score (nSPS) is 10.5. The maximum Gasteiger partial charge on any atom is 0.123 e. The van der Waals surface area contributed by atoms with Crippen molar-refractivity contribution in [3.05, 3.63) is 70.7 Å². The fraction of sp³-hybridized carbons (Fsp3) is 0.111. The van der Waals surface area contributed by atoms with Crippen LogP contribution in [0.25, 0.3) is 11.1 Å². The monoisotopic (exact) mass is 330 g/mol. The van der Waals surface area contributed by atoms with Crippen LogP contribution in [0.15, 0.2) is 49.6 Å². The summed E-state index contributed by atoms with van der Waals surface area (Å²) in [5, 5.41) is 3.84. The predicted octanol–water partition coefficient (Wildman–Crippen LogP) is 4.71. The fourth-order valence-electron chi connectivity index (χ4n) is 2.13. The number of rotatable bonds is 4. The molecule has 2 rings (SSSR count). The van der Waals surface area contributed by atoms with E-state index >= 15 is 0 Å². The van der Waals surface area contributed by atoms with Gasteiger partial charge in [0.1, 0.15) is 9.52 Å². The summed E-state index contributed by atoms with van der Waals surface area (Å²) >= 11 is 12.3. The van der Waals surface area contributed by atoms with Crippen molar-refractivity contribution in [2.24, 2.45) is 0 Å². The van der Waals surface area contributed by atoms with Crippen molar-refractivity contribution in [1.82, 2.24) is 0 Å². The summed E-state index contributed by atoms with van der Waals surface area (Å²) in [6.07, 6.45) is 0. The lowest BCUT2D eigenvalue weighted by molar-refractivity contribution is 1.61. The van der Waals surface area contributed by atoms with Crippen LogP contribution in [0.3, 0.4) is 0 Å². The molecule has 2 radical (unpaired) electrons. The molecule has 2 aromatic rings. The lowest BCUT2D eigenvalue weighted by atomic mass is 10.1. The summed E-state index contributed by atoms with van der Waals surface area (Å²) < 4.78 is 0. The second-order valence-electron chi connectivity index (χ2n) is 5.07. The van der Waals surface area contributed by atoms with E-state index in [4.69, 9.17) is 23.2 Å². The molecule has 0 fully saturated rings. The number of hydrogen-bond acceptors (Lipinski definition) is 0. The molecule has 0 N–H and O–H groups in total. The minimum atomic E-state index is 0.462. The molecule has 0 saturated heterocycles. The van der Waals surface area contributed by atoms with E-state index in [0.29, 0.717) is 9.52 Å². The average molecular weight is 331 g/mol. The highest BCUT2D eigenvalue weighted by molar-refractivity contribution is 6.69. The van der Waals surface area contributed by atoms with Gasteiger partial charge in [-0.05, 0) is 59.6 Å². The molecule has 0 aliphatic heterocycles. The van der Waals surface area contributed by atoms with E-state index in [1.165, 1.54) is 10.4 Å². The van der Waals surface area contributed by atoms with E-state index < -0.39 is 0 Å². The molecular weight excluding hydrogens is 315 g/mol. The highest BCUT2D eigenvalue weighted by Gasteiger charge is 2.11. The van der Waals surface area contributed by atoms with Gasteiger partial charge in [0.15, 0.2) is 0 Å². The van der Waals surface area contributed by atoms with Gasteiger partial charge in [-0.25, -0.2) is 0 Å². The predicted molar refractivity (Wildman–Crippen MR) is 97.3 cm³/mol. The first-order valence-electron chi connectivity index (χ1n) is 6.56. The zero-order valence-electron chi connectivity index (χ0n) is 12.1. The topological polar surface area (TPSA) is 0 Å². The van der Waals surface area contributed by atoms with Crippen LogP contribution < -0.4 is 10.4 Å². The van der Waals surface area contributed by atoms with Crippen LogP contribution in [0.4, 0.5) is 0 Å². The molecule has 0 nitrogen and oxygen atoms in total. The van der Waals surface area contributed by atoms with Crippen LogP contribution in [0.1, 0.15) is 25.0 Å². The van der Waals surface area contributed by atoms with Crippen molar-refractivity contribution >= 4 is 54.2 Å². The molecule has 0 spiro atoms. The molecule has 0 heterocycles. The molecule has 0 aliphatic carbocycles. The van der Waals surface area contributed by atoms with Gasteiger partial charge >= 0.3 is 0 Å². The first kappa shape index (κ1) is 16.1. The molecule has 3 heteroatoms. The molecule has 0 amide bonds. The van der Waals surface area contributed by atoms with Crippen LogP contribution in [-0.2, 0) is 0 Å². The molecule has 0 saturated carbocycles. The summed E-state index contributed by atoms with van der Waals surface area (Å²) in [6, 6.07) is 11.9. The van der Waals surface area contributed by atoms with Crippen molar-refractivity contribution in [2.45, 2.75) is 13.8 Å². The Balaban J connectivity index is 2.52. The summed E-state index contributed by atoms with van der Waals surface area (Å²) in [5.41, 5.74) is 4.36. The zero-order chi connectivity index (χ0) is 15.6. The zero-order valence-corrected chi connectivity index (χ0v) is 14.6. The SMILES string of the molecule is C=C(C)c1ccc(Cl)cc1[Si]c1cc(Cl)ccc1C(=C)C. The van der Waals surface area contributed by atoms with Gasteiger partial charge in [0.05, 0.1) is 0 Å². The van der Waals surface area contributed by atoms with Crippen LogP contribution >= 0.6 is 23.2 Å². The Morgan fingerprint density at radius 2 is 1.19 bits per heavy atom. The summed E-state index contributed by atoms with van der Waals surface area (Å²) in [6.45, 7) is 12.1. The van der Waals surface area contributed by atoms with Crippen LogP contribution in [-0.4, -0.2) is 9.52 Å². The molecule has 2 aromatic carbocycles. The van der Waals surface area contributed by atoms with E-state index in [-0.39, 0.29) is 0 Å². The Kier molecular flexibility index (Phi) is 5.10. The molecule has 0 bridgehead atoms. The van der Waals surface area contributed by atoms with E-state index in [9.17, 15) is 0 Å². The van der Waals surface area contributed by atoms with Gasteiger partial charge in [-0.2, -0.15) is 0 Å². The smallest absolute Gasteiger partial charge is 0.0955 e. The van der Waals surface area contributed by atoms with E-state index in [0.717, 1.165) is 32.3 Å². The summed E-state index contributed by atoms with van der Waals surface area (Å²) in [5.74, 6) is 0. The van der Waals surface area contributed by atoms with Gasteiger partial charge in [0, 0.05) is 10.0 Å². The van der Waals surface area contributed by atoms with Gasteiger partial charge in [-0.15, -0.1) is 0 Å². The van der Waals surface area contributed by atoms with Gasteiger partial charge in [0.25, 0.3) is 0 Å². The van der Waals surface area contributed by atoms with Gasteiger partial charge in [0.2, 0.25) is 0 Å². The second kappa shape index (κ2) is 6.65. The standard InChI is InChI=1S/C18H16Cl2Si/c1-11(2)15-7-5-13(19)9-17(15)21-18-10-14(20)6-8-16(18)12(3)4/h5-10H,1,3H2,2,4H3. The van der Waals surface area contributed by atoms with E-state index in [1.807, 2.05) is 50.2 Å². The van der Waals surface area contributed by atoms with Gasteiger partial charge in [-0.3, -0.25) is 0 Å². The van der Waals surface area contributed by atoms with Crippen LogP contribution in [0.5, 0.6) is 0 Å². The van der Waals surface area contributed by atoms with Crippen molar-refractivity contribution in [1.29, 1.82) is 0 Å². The Bertz CT molecular complexity index is 656. The molecule has 0 unspecified atom stereocenters. The molecule has 0 aliphatic rings. The maximum atomic E-state index is 6.15. The Morgan fingerprint density at radius 1 is 0.810 bits per heavy atom. The number of hydrogen-bond donors (Lipinski definition) is 0. The van der Waals surface area contributed by atoms with Crippen molar-refractivity contribution in [3.8, 4) is 0 Å². The third-order valence-electron chi connectivity index (χ3n) is 3.15. The van der Waals surface area contributed by atoms with Crippen molar-refractivity contribution < 1.29 is 0 Å².